The molecule has 2 aliphatic heterocycles. The molecule has 1 aromatic heterocycles. The fraction of sp³-hybridized carbons (Fsp3) is 0.517. The average molecular weight is 522 g/mol. The Balaban J connectivity index is 1.27. The lowest BCUT2D eigenvalue weighted by molar-refractivity contribution is 0.101. The predicted octanol–water partition coefficient (Wildman–Crippen LogP) is 5.03. The van der Waals surface area contributed by atoms with Gasteiger partial charge in [0.15, 0.2) is 0 Å². The van der Waals surface area contributed by atoms with Crippen molar-refractivity contribution in [3.63, 3.8) is 0 Å². The summed E-state index contributed by atoms with van der Waals surface area (Å²) in [4.78, 5) is 3.01. The van der Waals surface area contributed by atoms with Crippen LogP contribution in [0.25, 0.3) is 0 Å². The van der Waals surface area contributed by atoms with Crippen LogP contribution in [0.15, 0.2) is 65.6 Å². The van der Waals surface area contributed by atoms with Crippen LogP contribution in [0.2, 0.25) is 0 Å². The summed E-state index contributed by atoms with van der Waals surface area (Å²) in [6.45, 7) is 7.84. The van der Waals surface area contributed by atoms with E-state index in [0.717, 1.165) is 37.5 Å². The van der Waals surface area contributed by atoms with E-state index in [2.05, 4.69) is 57.3 Å². The topological polar surface area (TPSA) is 80.1 Å². The fourth-order valence-corrected chi connectivity index (χ4v) is 7.46. The summed E-state index contributed by atoms with van der Waals surface area (Å²) in [6.07, 6.45) is 5.64. The van der Waals surface area contributed by atoms with E-state index >= 15 is 0 Å². The van der Waals surface area contributed by atoms with Crippen LogP contribution in [0, 0.1) is 6.92 Å². The third kappa shape index (κ3) is 5.66. The Labute approximate surface area is 221 Å². The Morgan fingerprint density at radius 2 is 1.54 bits per heavy atom. The van der Waals surface area contributed by atoms with Gasteiger partial charge in [-0.2, -0.15) is 0 Å². The molecule has 0 saturated carbocycles. The van der Waals surface area contributed by atoms with Crippen molar-refractivity contribution in [3.05, 3.63) is 77.9 Å². The minimum absolute atomic E-state index is 0.115. The van der Waals surface area contributed by atoms with Crippen LogP contribution in [0.1, 0.15) is 81.0 Å². The molecule has 3 heterocycles. The molecule has 7 nitrogen and oxygen atoms in total. The number of nitrogens with zero attached hydrogens (tertiary/aromatic N) is 4. The van der Waals surface area contributed by atoms with Crippen molar-refractivity contribution in [2.75, 3.05) is 13.1 Å². The summed E-state index contributed by atoms with van der Waals surface area (Å²) in [5.74, 6) is 2.61. The molecule has 2 saturated heterocycles. The van der Waals surface area contributed by atoms with Gasteiger partial charge in [-0.15, -0.1) is 10.2 Å². The summed E-state index contributed by atoms with van der Waals surface area (Å²) in [7, 11) is -3.54. The van der Waals surface area contributed by atoms with Crippen molar-refractivity contribution in [1.82, 2.24) is 24.4 Å². The van der Waals surface area contributed by atoms with Crippen LogP contribution in [0.4, 0.5) is 0 Å². The highest BCUT2D eigenvalue weighted by atomic mass is 32.2. The van der Waals surface area contributed by atoms with Crippen molar-refractivity contribution in [3.8, 4) is 0 Å². The Morgan fingerprint density at radius 3 is 2.16 bits per heavy atom. The third-order valence-corrected chi connectivity index (χ3v) is 9.65. The highest BCUT2D eigenvalue weighted by Crippen LogP contribution is 2.42. The number of rotatable bonds is 10. The number of hydrogen-bond donors (Lipinski definition) is 1. The molecule has 2 unspecified atom stereocenters. The first kappa shape index (κ1) is 26.1. The quantitative estimate of drug-likeness (QED) is 0.405. The normalized spacial score (nSPS) is 23.0. The van der Waals surface area contributed by atoms with Crippen molar-refractivity contribution < 1.29 is 8.42 Å². The molecule has 5 rings (SSSR count). The van der Waals surface area contributed by atoms with E-state index in [-0.39, 0.29) is 5.92 Å². The van der Waals surface area contributed by atoms with Crippen molar-refractivity contribution in [1.29, 1.82) is 0 Å². The maximum absolute atomic E-state index is 12.9. The maximum Gasteiger partial charge on any atom is 0.240 e. The molecule has 4 atom stereocenters. The Morgan fingerprint density at radius 1 is 0.919 bits per heavy atom. The van der Waals surface area contributed by atoms with E-state index < -0.39 is 10.0 Å². The fourth-order valence-electron chi connectivity index (χ4n) is 6.36. The molecule has 3 aromatic rings. The molecular formula is C29H39N5O2S. The van der Waals surface area contributed by atoms with Gasteiger partial charge in [-0.1, -0.05) is 62.4 Å². The molecule has 0 spiro atoms. The molecule has 2 fully saturated rings. The van der Waals surface area contributed by atoms with Crippen molar-refractivity contribution in [2.45, 2.75) is 87.7 Å². The van der Waals surface area contributed by atoms with Gasteiger partial charge in [0.25, 0.3) is 0 Å². The zero-order valence-electron chi connectivity index (χ0n) is 22.1. The molecule has 0 amide bonds. The molecular weight excluding hydrogens is 482 g/mol. The molecule has 1 N–H and O–H groups in total. The first-order valence-corrected chi connectivity index (χ1v) is 15.1. The average Bonchev–Trinajstić information content (AvgIpc) is 3.40. The third-order valence-electron chi connectivity index (χ3n) is 8.21. The molecule has 37 heavy (non-hydrogen) atoms. The van der Waals surface area contributed by atoms with E-state index in [0.29, 0.717) is 35.5 Å². The van der Waals surface area contributed by atoms with Gasteiger partial charge in [-0.3, -0.25) is 4.90 Å². The van der Waals surface area contributed by atoms with Gasteiger partial charge in [0.2, 0.25) is 10.0 Å². The second-order valence-electron chi connectivity index (χ2n) is 10.9. The summed E-state index contributed by atoms with van der Waals surface area (Å²) in [5.41, 5.74) is 1.18. The van der Waals surface area contributed by atoms with Crippen molar-refractivity contribution in [2.24, 2.45) is 0 Å². The van der Waals surface area contributed by atoms with Crippen LogP contribution < -0.4 is 4.72 Å². The molecule has 0 aliphatic carbocycles. The number of fused-ring (bicyclic) bond motifs is 2. The molecule has 2 bridgehead atoms. The number of nitrogens with one attached hydrogen (secondary N) is 1. The molecule has 2 aromatic carbocycles. The number of benzene rings is 2. The zero-order valence-corrected chi connectivity index (χ0v) is 22.9. The van der Waals surface area contributed by atoms with Crippen LogP contribution in [0.3, 0.4) is 0 Å². The van der Waals surface area contributed by atoms with E-state index in [1.54, 1.807) is 24.3 Å². The lowest BCUT2D eigenvalue weighted by Crippen LogP contribution is -2.44. The van der Waals surface area contributed by atoms with E-state index in [1.165, 1.54) is 18.4 Å². The second kappa shape index (κ2) is 11.1. The number of hydrogen-bond acceptors (Lipinski definition) is 5. The lowest BCUT2D eigenvalue weighted by Gasteiger charge is -2.40. The Kier molecular flexibility index (Phi) is 7.79. The van der Waals surface area contributed by atoms with Gasteiger partial charge in [0, 0.05) is 30.6 Å². The monoisotopic (exact) mass is 521 g/mol. The predicted molar refractivity (Wildman–Crippen MR) is 146 cm³/mol. The van der Waals surface area contributed by atoms with Gasteiger partial charge in [-0.25, -0.2) is 13.1 Å². The van der Waals surface area contributed by atoms with Crippen LogP contribution in [0.5, 0.6) is 0 Å². The van der Waals surface area contributed by atoms with E-state index in [4.69, 9.17) is 0 Å². The zero-order chi connectivity index (χ0) is 26.0. The summed E-state index contributed by atoms with van der Waals surface area (Å²) in [6, 6.07) is 20.5. The van der Waals surface area contributed by atoms with Crippen LogP contribution in [-0.2, 0) is 10.0 Å². The highest BCUT2D eigenvalue weighted by Gasteiger charge is 2.42. The van der Waals surface area contributed by atoms with Gasteiger partial charge >= 0.3 is 0 Å². The number of aromatic nitrogens is 3. The minimum Gasteiger partial charge on any atom is -0.312 e. The highest BCUT2D eigenvalue weighted by molar-refractivity contribution is 7.89. The Bertz CT molecular complexity index is 1260. The minimum atomic E-state index is -3.54. The second-order valence-corrected chi connectivity index (χ2v) is 12.7. The summed E-state index contributed by atoms with van der Waals surface area (Å²) >= 11 is 0. The standard InChI is InChI=1S/C29H39N5O2S/c1-21(2)29-32-31-22(3)34(29)27-18-25-14-15-26(19-27)33(25)17-16-24(23-10-6-4-7-11-23)20-30-37(35,36)28-12-8-5-9-13-28/h4-13,21,24-27,30H,14-20H2,1-3H3/t24?,25-,26+,27?. The van der Waals surface area contributed by atoms with Crippen LogP contribution >= 0.6 is 0 Å². The van der Waals surface area contributed by atoms with Gasteiger partial charge in [0.1, 0.15) is 11.6 Å². The Hall–Kier alpha value is -2.55. The number of sulfonamides is 1. The molecule has 198 valence electrons. The van der Waals surface area contributed by atoms with Gasteiger partial charge in [-0.05, 0) is 69.2 Å². The van der Waals surface area contributed by atoms with E-state index in [9.17, 15) is 8.42 Å². The van der Waals surface area contributed by atoms with E-state index in [1.807, 2.05) is 24.3 Å². The SMILES string of the molecule is Cc1nnc(C(C)C)n1C1C[C@H]2CC[C@@H](C1)N2CCC(CNS(=O)(=O)c1ccccc1)c1ccccc1. The van der Waals surface area contributed by atoms with Gasteiger partial charge < -0.3 is 4.57 Å². The summed E-state index contributed by atoms with van der Waals surface area (Å²) < 4.78 is 31.1. The largest absolute Gasteiger partial charge is 0.312 e. The molecule has 0 radical (unpaired) electrons. The molecule has 8 heteroatoms. The van der Waals surface area contributed by atoms with Crippen LogP contribution in [-0.4, -0.2) is 53.3 Å². The summed E-state index contributed by atoms with van der Waals surface area (Å²) in [5, 5.41) is 8.88. The lowest BCUT2D eigenvalue weighted by atomic mass is 9.92. The molecule has 2 aliphatic rings. The first-order valence-electron chi connectivity index (χ1n) is 13.6. The smallest absolute Gasteiger partial charge is 0.240 e. The first-order chi connectivity index (χ1) is 17.8. The van der Waals surface area contributed by atoms with Crippen molar-refractivity contribution >= 4 is 10.0 Å². The number of aryl methyl sites for hydroxylation is 1. The number of piperidine rings is 1. The van der Waals surface area contributed by atoms with Gasteiger partial charge in [0.05, 0.1) is 4.90 Å². The maximum atomic E-state index is 12.9.